The van der Waals surface area contributed by atoms with Crippen LogP contribution in [0.5, 0.6) is 0 Å². The van der Waals surface area contributed by atoms with Crippen molar-refractivity contribution in [3.8, 4) is 0 Å². The van der Waals surface area contributed by atoms with E-state index >= 15 is 0 Å². The van der Waals surface area contributed by atoms with Crippen LogP contribution in [0, 0.1) is 23.2 Å². The number of methoxy groups -OCH3 is 1. The van der Waals surface area contributed by atoms with Crippen molar-refractivity contribution < 1.29 is 14.2 Å². The van der Waals surface area contributed by atoms with Crippen molar-refractivity contribution in [2.45, 2.75) is 85.5 Å². The fourth-order valence-corrected chi connectivity index (χ4v) is 5.90. The second-order valence-corrected chi connectivity index (χ2v) is 8.91. The Kier molecular flexibility index (Phi) is 6.18. The molecule has 0 radical (unpaired) electrons. The van der Waals surface area contributed by atoms with E-state index in [9.17, 15) is 0 Å². The second kappa shape index (κ2) is 8.06. The molecule has 1 saturated heterocycles. The molecule has 148 valence electrons. The summed E-state index contributed by atoms with van der Waals surface area (Å²) in [7, 11) is 1.76. The molecule has 0 aromatic rings. The predicted octanol–water partition coefficient (Wildman–Crippen LogP) is 5.86. The van der Waals surface area contributed by atoms with Crippen molar-refractivity contribution >= 4 is 0 Å². The molecule has 1 saturated carbocycles. The van der Waals surface area contributed by atoms with E-state index in [1.54, 1.807) is 18.3 Å². The van der Waals surface area contributed by atoms with E-state index in [0.29, 0.717) is 11.8 Å². The average Bonchev–Trinajstić information content (AvgIpc) is 2.77. The lowest BCUT2D eigenvalue weighted by atomic mass is 9.55. The van der Waals surface area contributed by atoms with Gasteiger partial charge in [-0.25, -0.2) is 0 Å². The van der Waals surface area contributed by atoms with Gasteiger partial charge in [-0.05, 0) is 90.0 Å². The first-order valence-electron chi connectivity index (χ1n) is 10.6. The van der Waals surface area contributed by atoms with Gasteiger partial charge in [-0.1, -0.05) is 18.1 Å². The van der Waals surface area contributed by atoms with Crippen LogP contribution in [0.4, 0.5) is 0 Å². The summed E-state index contributed by atoms with van der Waals surface area (Å²) in [5.74, 6) is 3.13. The molecule has 0 aromatic heterocycles. The Labute approximate surface area is 160 Å². The maximum absolute atomic E-state index is 6.14. The molecule has 3 rings (SSSR count). The van der Waals surface area contributed by atoms with Gasteiger partial charge in [0.15, 0.2) is 6.29 Å². The van der Waals surface area contributed by atoms with Crippen LogP contribution in [0.15, 0.2) is 23.0 Å². The first kappa shape index (κ1) is 19.9. The first-order valence-corrected chi connectivity index (χ1v) is 10.6. The Morgan fingerprint density at radius 2 is 2.04 bits per heavy atom. The lowest BCUT2D eigenvalue weighted by Gasteiger charge is -2.55. The summed E-state index contributed by atoms with van der Waals surface area (Å²) in [4.78, 5) is 0. The summed E-state index contributed by atoms with van der Waals surface area (Å²) in [6, 6.07) is 0. The van der Waals surface area contributed by atoms with Gasteiger partial charge >= 0.3 is 0 Å². The highest BCUT2D eigenvalue weighted by molar-refractivity contribution is 5.23. The number of hydrogen-bond acceptors (Lipinski definition) is 3. The summed E-state index contributed by atoms with van der Waals surface area (Å²) < 4.78 is 17.5. The summed E-state index contributed by atoms with van der Waals surface area (Å²) in [6.45, 7) is 12.1. The Morgan fingerprint density at radius 3 is 2.73 bits per heavy atom. The minimum atomic E-state index is -0.0606. The van der Waals surface area contributed by atoms with Crippen LogP contribution in [0.1, 0.15) is 73.1 Å². The van der Waals surface area contributed by atoms with Gasteiger partial charge in [0.25, 0.3) is 0 Å². The molecule has 2 aliphatic carbocycles. The highest BCUT2D eigenvalue weighted by atomic mass is 16.7. The van der Waals surface area contributed by atoms with Gasteiger partial charge in [-0.15, -0.1) is 0 Å². The average molecular weight is 363 g/mol. The molecular formula is C23H38O3. The van der Waals surface area contributed by atoms with Crippen molar-refractivity contribution in [1.82, 2.24) is 0 Å². The highest BCUT2D eigenvalue weighted by Crippen LogP contribution is 2.56. The molecule has 2 fully saturated rings. The molecule has 6 atom stereocenters. The van der Waals surface area contributed by atoms with E-state index in [1.165, 1.54) is 32.1 Å². The number of ether oxygens (including phenoxy) is 3. The topological polar surface area (TPSA) is 27.7 Å². The van der Waals surface area contributed by atoms with Crippen molar-refractivity contribution in [3.63, 3.8) is 0 Å². The molecule has 3 aliphatic rings. The molecule has 3 heteroatoms. The first-order chi connectivity index (χ1) is 12.4. The fraction of sp³-hybridized carbons (Fsp3) is 0.826. The standard InChI is InChI=1S/C23H38O3/c1-15-8-7-9-21-17(3)23(14-25-19(5)26-18(23)4)13-12-22(21)20(15)11-10-16(2)24-6/h10,17-19,21-22H,7-9,11-14H2,1-6H3/b16-10+. The van der Waals surface area contributed by atoms with Crippen molar-refractivity contribution in [2.75, 3.05) is 13.7 Å². The number of rotatable bonds is 3. The van der Waals surface area contributed by atoms with Crippen LogP contribution >= 0.6 is 0 Å². The minimum absolute atomic E-state index is 0.0606. The van der Waals surface area contributed by atoms with Gasteiger partial charge in [0.1, 0.15) is 0 Å². The molecule has 1 spiro atoms. The molecule has 26 heavy (non-hydrogen) atoms. The highest BCUT2D eigenvalue weighted by Gasteiger charge is 2.53. The third kappa shape index (κ3) is 3.62. The maximum atomic E-state index is 6.14. The van der Waals surface area contributed by atoms with Crippen molar-refractivity contribution in [1.29, 1.82) is 0 Å². The third-order valence-corrected chi connectivity index (χ3v) is 7.80. The molecule has 0 amide bonds. The monoisotopic (exact) mass is 362 g/mol. The van der Waals surface area contributed by atoms with E-state index in [4.69, 9.17) is 14.2 Å². The summed E-state index contributed by atoms with van der Waals surface area (Å²) in [5, 5.41) is 0. The lowest BCUT2D eigenvalue weighted by Crippen LogP contribution is -2.55. The quantitative estimate of drug-likeness (QED) is 0.465. The van der Waals surface area contributed by atoms with Crippen LogP contribution in [0.2, 0.25) is 0 Å². The van der Waals surface area contributed by atoms with Crippen LogP contribution < -0.4 is 0 Å². The molecule has 3 nitrogen and oxygen atoms in total. The zero-order chi connectivity index (χ0) is 18.9. The van der Waals surface area contributed by atoms with Gasteiger partial charge in [0.2, 0.25) is 0 Å². The zero-order valence-electron chi connectivity index (χ0n) is 17.6. The van der Waals surface area contributed by atoms with Gasteiger partial charge in [0, 0.05) is 5.41 Å². The number of fused-ring (bicyclic) bond motifs is 1. The zero-order valence-corrected chi connectivity index (χ0v) is 17.6. The van der Waals surface area contributed by atoms with E-state index in [0.717, 1.165) is 24.7 Å². The lowest BCUT2D eigenvalue weighted by molar-refractivity contribution is -0.279. The molecule has 0 aromatic carbocycles. The maximum Gasteiger partial charge on any atom is 0.155 e. The molecule has 0 bridgehead atoms. The van der Waals surface area contributed by atoms with Crippen molar-refractivity contribution in [3.05, 3.63) is 23.0 Å². The number of allylic oxidation sites excluding steroid dienone is 4. The van der Waals surface area contributed by atoms with Gasteiger partial charge < -0.3 is 14.2 Å². The Balaban J connectivity index is 1.85. The smallest absolute Gasteiger partial charge is 0.155 e. The van der Waals surface area contributed by atoms with Gasteiger partial charge in [0.05, 0.1) is 25.6 Å². The Morgan fingerprint density at radius 1 is 1.27 bits per heavy atom. The van der Waals surface area contributed by atoms with Crippen LogP contribution in [0.25, 0.3) is 0 Å². The molecule has 1 heterocycles. The van der Waals surface area contributed by atoms with Gasteiger partial charge in [-0.3, -0.25) is 0 Å². The van der Waals surface area contributed by atoms with E-state index in [2.05, 4.69) is 33.8 Å². The Hall–Kier alpha value is -0.800. The molecule has 0 N–H and O–H groups in total. The Bertz CT molecular complexity index is 564. The van der Waals surface area contributed by atoms with Crippen LogP contribution in [-0.2, 0) is 14.2 Å². The van der Waals surface area contributed by atoms with Gasteiger partial charge in [-0.2, -0.15) is 0 Å². The normalized spacial score (nSPS) is 41.8. The summed E-state index contributed by atoms with van der Waals surface area (Å²) in [5.41, 5.74) is 3.50. The fourth-order valence-electron chi connectivity index (χ4n) is 5.90. The van der Waals surface area contributed by atoms with E-state index in [1.807, 2.05) is 6.92 Å². The SMILES string of the molecule is CO/C(C)=C/CC1=C(C)CCCC2C1CCC1(COC(C)OC1C)C2C. The largest absolute Gasteiger partial charge is 0.502 e. The third-order valence-electron chi connectivity index (χ3n) is 7.80. The van der Waals surface area contributed by atoms with Crippen LogP contribution in [0.3, 0.4) is 0 Å². The van der Waals surface area contributed by atoms with E-state index < -0.39 is 0 Å². The summed E-state index contributed by atoms with van der Waals surface area (Å²) >= 11 is 0. The van der Waals surface area contributed by atoms with Crippen molar-refractivity contribution in [2.24, 2.45) is 23.2 Å². The minimum Gasteiger partial charge on any atom is -0.502 e. The predicted molar refractivity (Wildman–Crippen MR) is 106 cm³/mol. The molecular weight excluding hydrogens is 324 g/mol. The van der Waals surface area contributed by atoms with Crippen LogP contribution in [-0.4, -0.2) is 26.1 Å². The second-order valence-electron chi connectivity index (χ2n) is 8.91. The molecule has 6 unspecified atom stereocenters. The van der Waals surface area contributed by atoms with E-state index in [-0.39, 0.29) is 17.8 Å². The number of hydrogen-bond donors (Lipinski definition) is 0. The molecule has 1 aliphatic heterocycles. The summed E-state index contributed by atoms with van der Waals surface area (Å²) in [6.07, 6.45) is 9.94.